The Bertz CT molecular complexity index is 610. The molecule has 0 atom stereocenters. The summed E-state index contributed by atoms with van der Waals surface area (Å²) >= 11 is 2.81. The van der Waals surface area contributed by atoms with E-state index in [2.05, 4.69) is 15.5 Å². The maximum atomic E-state index is 12.8. The molecule has 0 aliphatic heterocycles. The fourth-order valence-corrected chi connectivity index (χ4v) is 3.63. The number of aryl methyl sites for hydroxylation is 1. The number of carbonyl (C=O) groups is 1. The summed E-state index contributed by atoms with van der Waals surface area (Å²) in [6.07, 6.45) is 0. The molecule has 0 bridgehead atoms. The standard InChI is InChI=1S/C13H14FN3OS2/c1-8-16-17-12(19-8)20-13(2,3)11(18)15-10-6-4-9(14)5-7-10/h4-7H,1-3H3,(H,15,18). The number of halogens is 1. The number of benzene rings is 1. The van der Waals surface area contributed by atoms with Crippen LogP contribution in [0.4, 0.5) is 10.1 Å². The average Bonchev–Trinajstić information content (AvgIpc) is 2.77. The molecule has 0 radical (unpaired) electrons. The van der Waals surface area contributed by atoms with E-state index in [1.165, 1.54) is 47.4 Å². The molecule has 0 fully saturated rings. The van der Waals surface area contributed by atoms with Gasteiger partial charge >= 0.3 is 0 Å². The second-order valence-corrected chi connectivity index (χ2v) is 7.71. The molecule has 0 saturated carbocycles. The highest BCUT2D eigenvalue weighted by Crippen LogP contribution is 2.35. The third-order valence-electron chi connectivity index (χ3n) is 2.50. The molecule has 106 valence electrons. The Morgan fingerprint density at radius 1 is 1.30 bits per heavy atom. The summed E-state index contributed by atoms with van der Waals surface area (Å²) in [5, 5.41) is 11.6. The van der Waals surface area contributed by atoms with Gasteiger partial charge in [0.2, 0.25) is 5.91 Å². The van der Waals surface area contributed by atoms with E-state index in [1.807, 2.05) is 20.8 Å². The Morgan fingerprint density at radius 3 is 2.50 bits per heavy atom. The van der Waals surface area contributed by atoms with Gasteiger partial charge in [-0.1, -0.05) is 23.1 Å². The highest BCUT2D eigenvalue weighted by Gasteiger charge is 2.30. The van der Waals surface area contributed by atoms with Crippen LogP contribution in [0.15, 0.2) is 28.6 Å². The number of nitrogens with zero attached hydrogens (tertiary/aromatic N) is 2. The molecule has 0 aliphatic carbocycles. The Kier molecular flexibility index (Phi) is 4.39. The highest BCUT2D eigenvalue weighted by molar-refractivity contribution is 8.03. The van der Waals surface area contributed by atoms with Crippen LogP contribution in [0.1, 0.15) is 18.9 Å². The number of anilines is 1. The van der Waals surface area contributed by atoms with E-state index in [4.69, 9.17) is 0 Å². The van der Waals surface area contributed by atoms with Gasteiger partial charge < -0.3 is 5.32 Å². The van der Waals surface area contributed by atoms with Crippen LogP contribution in [-0.2, 0) is 4.79 Å². The lowest BCUT2D eigenvalue weighted by Gasteiger charge is -2.21. The molecule has 20 heavy (non-hydrogen) atoms. The zero-order chi connectivity index (χ0) is 14.8. The number of thioether (sulfide) groups is 1. The second-order valence-electron chi connectivity index (χ2n) is 4.66. The second kappa shape index (κ2) is 5.88. The first-order valence-electron chi connectivity index (χ1n) is 5.93. The van der Waals surface area contributed by atoms with Gasteiger partial charge in [-0.05, 0) is 45.0 Å². The van der Waals surface area contributed by atoms with Gasteiger partial charge in [0.05, 0.1) is 4.75 Å². The molecule has 1 aromatic heterocycles. The van der Waals surface area contributed by atoms with E-state index in [-0.39, 0.29) is 11.7 Å². The van der Waals surface area contributed by atoms with Crippen molar-refractivity contribution in [1.82, 2.24) is 10.2 Å². The van der Waals surface area contributed by atoms with Crippen molar-refractivity contribution in [3.8, 4) is 0 Å². The van der Waals surface area contributed by atoms with Gasteiger partial charge in [0.15, 0.2) is 4.34 Å². The van der Waals surface area contributed by atoms with E-state index < -0.39 is 4.75 Å². The lowest BCUT2D eigenvalue weighted by Crippen LogP contribution is -2.33. The topological polar surface area (TPSA) is 54.9 Å². The molecule has 7 heteroatoms. The van der Waals surface area contributed by atoms with Crippen LogP contribution in [0.3, 0.4) is 0 Å². The fraction of sp³-hybridized carbons (Fsp3) is 0.308. The number of hydrogen-bond donors (Lipinski definition) is 1. The molecule has 0 aliphatic rings. The van der Waals surface area contributed by atoms with Crippen molar-refractivity contribution in [2.24, 2.45) is 0 Å². The molecule has 1 aromatic carbocycles. The van der Waals surface area contributed by atoms with Crippen LogP contribution < -0.4 is 5.32 Å². The molecule has 4 nitrogen and oxygen atoms in total. The summed E-state index contributed by atoms with van der Waals surface area (Å²) in [4.78, 5) is 12.3. The predicted molar refractivity (Wildman–Crippen MR) is 79.6 cm³/mol. The minimum atomic E-state index is -0.694. The maximum Gasteiger partial charge on any atom is 0.240 e. The van der Waals surface area contributed by atoms with Gasteiger partial charge in [-0.2, -0.15) is 0 Å². The normalized spacial score (nSPS) is 11.4. The summed E-state index contributed by atoms with van der Waals surface area (Å²) in [5.41, 5.74) is 0.568. The molecule has 0 saturated heterocycles. The molecule has 2 aromatic rings. The summed E-state index contributed by atoms with van der Waals surface area (Å²) < 4.78 is 12.9. The number of amides is 1. The van der Waals surface area contributed by atoms with E-state index in [0.717, 1.165) is 9.35 Å². The van der Waals surface area contributed by atoms with Crippen molar-refractivity contribution >= 4 is 34.7 Å². The average molecular weight is 311 g/mol. The predicted octanol–water partition coefficient (Wildman–Crippen LogP) is 3.50. The molecule has 0 unspecified atom stereocenters. The highest BCUT2D eigenvalue weighted by atomic mass is 32.2. The van der Waals surface area contributed by atoms with Gasteiger partial charge in [-0.25, -0.2) is 4.39 Å². The first-order valence-corrected chi connectivity index (χ1v) is 7.56. The van der Waals surface area contributed by atoms with Crippen molar-refractivity contribution in [2.45, 2.75) is 29.9 Å². The van der Waals surface area contributed by atoms with Crippen molar-refractivity contribution < 1.29 is 9.18 Å². The zero-order valence-corrected chi connectivity index (χ0v) is 12.9. The van der Waals surface area contributed by atoms with Crippen LogP contribution in [0.2, 0.25) is 0 Å². The monoisotopic (exact) mass is 311 g/mol. The summed E-state index contributed by atoms with van der Waals surface area (Å²) in [6.45, 7) is 5.49. The van der Waals surface area contributed by atoms with Crippen LogP contribution in [0.5, 0.6) is 0 Å². The van der Waals surface area contributed by atoms with Crippen LogP contribution in [0.25, 0.3) is 0 Å². The minimum absolute atomic E-state index is 0.165. The SMILES string of the molecule is Cc1nnc(SC(C)(C)C(=O)Nc2ccc(F)cc2)s1. The Hall–Kier alpha value is -1.47. The molecule has 2 rings (SSSR count). The van der Waals surface area contributed by atoms with E-state index in [1.54, 1.807) is 0 Å². The van der Waals surface area contributed by atoms with Gasteiger partial charge in [0, 0.05) is 5.69 Å². The summed E-state index contributed by atoms with van der Waals surface area (Å²) in [6, 6.07) is 5.68. The minimum Gasteiger partial charge on any atom is -0.325 e. The maximum absolute atomic E-state index is 12.8. The van der Waals surface area contributed by atoms with Crippen molar-refractivity contribution in [1.29, 1.82) is 0 Å². The summed E-state index contributed by atoms with van der Waals surface area (Å²) in [5.74, 6) is -0.497. The molecular formula is C13H14FN3OS2. The van der Waals surface area contributed by atoms with Crippen LogP contribution in [0, 0.1) is 12.7 Å². The first kappa shape index (κ1) is 14.9. The molecule has 1 amide bonds. The quantitative estimate of drug-likeness (QED) is 0.878. The lowest BCUT2D eigenvalue weighted by molar-refractivity contribution is -0.117. The van der Waals surface area contributed by atoms with Crippen molar-refractivity contribution in [2.75, 3.05) is 5.32 Å². The number of rotatable bonds is 4. The van der Waals surface area contributed by atoms with Gasteiger partial charge in [-0.3, -0.25) is 4.79 Å². The third-order valence-corrected chi connectivity index (χ3v) is 4.58. The Morgan fingerprint density at radius 2 is 1.95 bits per heavy atom. The van der Waals surface area contributed by atoms with Crippen LogP contribution in [-0.4, -0.2) is 20.9 Å². The number of hydrogen-bond acceptors (Lipinski definition) is 5. The van der Waals surface area contributed by atoms with E-state index in [9.17, 15) is 9.18 Å². The molecular weight excluding hydrogens is 297 g/mol. The van der Waals surface area contributed by atoms with Crippen molar-refractivity contribution in [3.05, 3.63) is 35.1 Å². The van der Waals surface area contributed by atoms with E-state index in [0.29, 0.717) is 5.69 Å². The first-order chi connectivity index (χ1) is 9.37. The smallest absolute Gasteiger partial charge is 0.240 e. The van der Waals surface area contributed by atoms with Crippen LogP contribution >= 0.6 is 23.1 Å². The molecule has 0 spiro atoms. The summed E-state index contributed by atoms with van der Waals surface area (Å²) in [7, 11) is 0. The Labute approximate surface area is 124 Å². The lowest BCUT2D eigenvalue weighted by atomic mass is 10.2. The largest absolute Gasteiger partial charge is 0.325 e. The number of carbonyl (C=O) groups excluding carboxylic acids is 1. The van der Waals surface area contributed by atoms with Gasteiger partial charge in [-0.15, -0.1) is 10.2 Å². The van der Waals surface area contributed by atoms with Crippen molar-refractivity contribution in [3.63, 3.8) is 0 Å². The fourth-order valence-electron chi connectivity index (χ4n) is 1.40. The number of nitrogens with one attached hydrogen (secondary N) is 1. The Balaban J connectivity index is 2.04. The molecule has 1 N–H and O–H groups in total. The van der Waals surface area contributed by atoms with Gasteiger partial charge in [0.25, 0.3) is 0 Å². The number of aromatic nitrogens is 2. The third kappa shape index (κ3) is 3.77. The zero-order valence-electron chi connectivity index (χ0n) is 11.3. The molecule has 1 heterocycles. The van der Waals surface area contributed by atoms with E-state index >= 15 is 0 Å². The van der Waals surface area contributed by atoms with Gasteiger partial charge in [0.1, 0.15) is 10.8 Å².